The van der Waals surface area contributed by atoms with Crippen LogP contribution in [0.25, 0.3) is 64.5 Å². The molecule has 2 aliphatic rings. The predicted molar refractivity (Wildman–Crippen MR) is 123 cm³/mol. The van der Waals surface area contributed by atoms with E-state index in [4.69, 9.17) is 4.42 Å². The monoisotopic (exact) mass is 404 g/mol. The minimum atomic E-state index is 0.00852. The molecule has 4 aromatic carbocycles. The van der Waals surface area contributed by atoms with Gasteiger partial charge in [-0.05, 0) is 47.9 Å². The minimum absolute atomic E-state index is 0.00852. The molecule has 30 heavy (non-hydrogen) atoms. The van der Waals surface area contributed by atoms with Crippen LogP contribution in [-0.4, -0.2) is 8.97 Å². The number of fused-ring (bicyclic) bond motifs is 3. The van der Waals surface area contributed by atoms with Gasteiger partial charge in [-0.2, -0.15) is 0 Å². The van der Waals surface area contributed by atoms with Crippen LogP contribution in [0.1, 0.15) is 0 Å². The van der Waals surface area contributed by atoms with Gasteiger partial charge in [0.2, 0.25) is 0 Å². The Kier molecular flexibility index (Phi) is 2.43. The van der Waals surface area contributed by atoms with Crippen LogP contribution in [0, 0.1) is 0 Å². The van der Waals surface area contributed by atoms with Gasteiger partial charge >= 0.3 is 0 Å². The van der Waals surface area contributed by atoms with E-state index in [0.717, 1.165) is 64.5 Å². The quantitative estimate of drug-likeness (QED) is 0.217. The van der Waals surface area contributed by atoms with E-state index < -0.39 is 0 Å². The average molecular weight is 404 g/mol. The van der Waals surface area contributed by atoms with E-state index in [9.17, 15) is 4.79 Å². The van der Waals surface area contributed by atoms with Gasteiger partial charge in [-0.25, -0.2) is 0 Å². The molecule has 0 saturated carbocycles. The lowest BCUT2D eigenvalue weighted by Crippen LogP contribution is -2.20. The maximum Gasteiger partial charge on any atom is 0.263 e. The van der Waals surface area contributed by atoms with Crippen LogP contribution >= 0.6 is 11.3 Å². The van der Waals surface area contributed by atoms with Crippen LogP contribution in [0.3, 0.4) is 0 Å². The highest BCUT2D eigenvalue weighted by Gasteiger charge is 2.26. The number of hydrogen-bond acceptors (Lipinski definition) is 3. The number of hydrogen-bond donors (Lipinski definition) is 0. The second-order valence-corrected chi connectivity index (χ2v) is 8.84. The lowest BCUT2D eigenvalue weighted by atomic mass is 10.0. The molecule has 0 amide bonds. The first-order chi connectivity index (χ1) is 14.8. The highest BCUT2D eigenvalue weighted by molar-refractivity contribution is 7.24. The standard InChI is InChI=1S/C25H12N2O2S/c28-25-15-6-2-1-5-13(15)14-11-12-18-24-21(14)26(25)16-7-3-9-19-22(16)27(24)23-17(29-18)8-4-10-20(23)30-19/h1-12H. The summed E-state index contributed by atoms with van der Waals surface area (Å²) >= 11 is 1.73. The van der Waals surface area contributed by atoms with Gasteiger partial charge in [-0.15, -0.1) is 11.3 Å². The van der Waals surface area contributed by atoms with E-state index in [1.54, 1.807) is 11.3 Å². The number of aromatic nitrogens is 2. The summed E-state index contributed by atoms with van der Waals surface area (Å²) in [6.45, 7) is 0. The van der Waals surface area contributed by atoms with Crippen LogP contribution in [-0.2, 0) is 0 Å². The third-order valence-electron chi connectivity index (χ3n) is 6.28. The van der Waals surface area contributed by atoms with Crippen molar-refractivity contribution in [3.8, 4) is 5.69 Å². The second-order valence-electron chi connectivity index (χ2n) is 7.76. The lowest BCUT2D eigenvalue weighted by molar-refractivity contribution is 0.654. The molecular weight excluding hydrogens is 392 g/mol. The summed E-state index contributed by atoms with van der Waals surface area (Å²) in [5.41, 5.74) is 6.55. The minimum Gasteiger partial charge on any atom is -0.453 e. The molecule has 140 valence electrons. The van der Waals surface area contributed by atoms with Crippen molar-refractivity contribution in [3.05, 3.63) is 83.2 Å². The largest absolute Gasteiger partial charge is 0.453 e. The summed E-state index contributed by atoms with van der Waals surface area (Å²) in [5, 5.41) is 2.77. The molecule has 0 radical (unpaired) electrons. The van der Waals surface area contributed by atoms with Crippen molar-refractivity contribution in [3.63, 3.8) is 0 Å². The van der Waals surface area contributed by atoms with Crippen LogP contribution in [0.5, 0.6) is 0 Å². The SMILES string of the molecule is O=c1c2ccccc2c2ccc3oc4cccc5sc6cccc7c6-n(c45)c3c2n17. The van der Waals surface area contributed by atoms with Gasteiger partial charge in [-0.3, -0.25) is 13.8 Å². The summed E-state index contributed by atoms with van der Waals surface area (Å²) < 4.78 is 12.9. The Morgan fingerprint density at radius 1 is 0.667 bits per heavy atom. The number of nitrogens with zero attached hydrogens (tertiary/aromatic N) is 2. The molecule has 0 N–H and O–H groups in total. The molecule has 5 heteroatoms. The molecule has 0 bridgehead atoms. The van der Waals surface area contributed by atoms with Crippen LogP contribution < -0.4 is 5.56 Å². The van der Waals surface area contributed by atoms with Gasteiger partial charge in [-0.1, -0.05) is 30.3 Å². The fourth-order valence-electron chi connectivity index (χ4n) is 5.12. The van der Waals surface area contributed by atoms with Crippen molar-refractivity contribution in [1.82, 2.24) is 8.97 Å². The Bertz CT molecular complexity index is 1980. The number of benzene rings is 4. The van der Waals surface area contributed by atoms with E-state index >= 15 is 0 Å². The molecule has 6 aromatic rings. The molecule has 8 rings (SSSR count). The average Bonchev–Trinajstić information content (AvgIpc) is 2.79. The number of rotatable bonds is 0. The Morgan fingerprint density at radius 2 is 1.47 bits per heavy atom. The summed E-state index contributed by atoms with van der Waals surface area (Å²) in [7, 11) is 0. The third kappa shape index (κ3) is 1.53. The first-order valence-corrected chi connectivity index (χ1v) is 10.7. The van der Waals surface area contributed by atoms with E-state index in [0.29, 0.717) is 0 Å². The zero-order valence-electron chi connectivity index (χ0n) is 15.5. The molecule has 0 atom stereocenters. The first kappa shape index (κ1) is 15.1. The summed E-state index contributed by atoms with van der Waals surface area (Å²) in [4.78, 5) is 13.7. The first-order valence-electron chi connectivity index (χ1n) is 9.84. The van der Waals surface area contributed by atoms with E-state index in [-0.39, 0.29) is 5.56 Å². The Hall–Kier alpha value is -3.83. The van der Waals surface area contributed by atoms with Gasteiger partial charge < -0.3 is 4.42 Å². The Morgan fingerprint density at radius 3 is 2.40 bits per heavy atom. The third-order valence-corrected chi connectivity index (χ3v) is 7.38. The van der Waals surface area contributed by atoms with E-state index in [1.165, 1.54) is 0 Å². The molecule has 4 nitrogen and oxygen atoms in total. The summed E-state index contributed by atoms with van der Waals surface area (Å²) in [5.74, 6) is 0. The summed E-state index contributed by atoms with van der Waals surface area (Å²) in [6, 6.07) is 24.4. The van der Waals surface area contributed by atoms with Crippen molar-refractivity contribution < 1.29 is 4.42 Å². The lowest BCUT2D eigenvalue weighted by Gasteiger charge is -2.25. The van der Waals surface area contributed by atoms with Crippen molar-refractivity contribution in [1.29, 1.82) is 0 Å². The molecule has 0 fully saturated rings. The maximum absolute atomic E-state index is 13.7. The van der Waals surface area contributed by atoms with Gasteiger partial charge in [0.1, 0.15) is 11.0 Å². The normalized spacial score (nSPS) is 12.8. The van der Waals surface area contributed by atoms with Crippen molar-refractivity contribution >= 4 is 70.1 Å². The topological polar surface area (TPSA) is 39.5 Å². The van der Waals surface area contributed by atoms with Crippen molar-refractivity contribution in [2.24, 2.45) is 0 Å². The molecule has 2 aromatic heterocycles. The predicted octanol–water partition coefficient (Wildman–Crippen LogP) is 6.39. The second kappa shape index (κ2) is 4.83. The van der Waals surface area contributed by atoms with E-state index in [1.807, 2.05) is 59.0 Å². The molecule has 0 saturated heterocycles. The maximum atomic E-state index is 13.7. The van der Waals surface area contributed by atoms with Crippen LogP contribution in [0.4, 0.5) is 0 Å². The van der Waals surface area contributed by atoms with Gasteiger partial charge in [0.05, 0.1) is 26.1 Å². The van der Waals surface area contributed by atoms with Crippen LogP contribution in [0.15, 0.2) is 82.0 Å². The van der Waals surface area contributed by atoms with Gasteiger partial charge in [0.25, 0.3) is 5.56 Å². The Balaban J connectivity index is 1.91. The molecule has 0 spiro atoms. The van der Waals surface area contributed by atoms with Gasteiger partial charge in [0, 0.05) is 10.8 Å². The zero-order chi connectivity index (χ0) is 19.6. The van der Waals surface area contributed by atoms with Gasteiger partial charge in [0.15, 0.2) is 11.2 Å². The highest BCUT2D eigenvalue weighted by Crippen LogP contribution is 2.44. The van der Waals surface area contributed by atoms with E-state index in [2.05, 4.69) is 22.8 Å². The molecule has 0 aliphatic carbocycles. The molecule has 4 heterocycles. The number of para-hydroxylation sites is 2. The highest BCUT2D eigenvalue weighted by atomic mass is 32.1. The fraction of sp³-hybridized carbons (Fsp3) is 0. The fourth-order valence-corrected chi connectivity index (χ4v) is 6.23. The number of pyridine rings is 1. The van der Waals surface area contributed by atoms with Crippen LogP contribution in [0.2, 0.25) is 0 Å². The van der Waals surface area contributed by atoms with Crippen molar-refractivity contribution in [2.75, 3.05) is 0 Å². The smallest absolute Gasteiger partial charge is 0.263 e. The summed E-state index contributed by atoms with van der Waals surface area (Å²) in [6.07, 6.45) is 0. The molecule has 2 aliphatic heterocycles. The molecular formula is C25H12N2O2S. The zero-order valence-corrected chi connectivity index (χ0v) is 16.4. The van der Waals surface area contributed by atoms with Crippen molar-refractivity contribution in [2.45, 2.75) is 0 Å². The Labute approximate surface area is 172 Å². The molecule has 0 unspecified atom stereocenters.